The van der Waals surface area contributed by atoms with Gasteiger partial charge >= 0.3 is 12.0 Å². The van der Waals surface area contributed by atoms with E-state index in [-0.39, 0.29) is 6.03 Å². The Balaban J connectivity index is 4.31. The van der Waals surface area contributed by atoms with Crippen molar-refractivity contribution in [3.05, 3.63) is 0 Å². The van der Waals surface area contributed by atoms with Crippen molar-refractivity contribution < 1.29 is 14.7 Å². The van der Waals surface area contributed by atoms with Crippen LogP contribution in [0, 0.1) is 0 Å². The van der Waals surface area contributed by atoms with Crippen molar-refractivity contribution in [3.8, 4) is 0 Å². The number of aliphatic carboxylic acids is 1. The molecule has 0 aromatic heterocycles. The zero-order valence-electron chi connectivity index (χ0n) is 10.3. The third-order valence-corrected chi connectivity index (χ3v) is 2.34. The number of rotatable bonds is 7. The Labute approximate surface area is 96.8 Å². The summed E-state index contributed by atoms with van der Waals surface area (Å²) < 4.78 is 0. The van der Waals surface area contributed by atoms with Gasteiger partial charge in [0.25, 0.3) is 0 Å². The maximum Gasteiger partial charge on any atom is 0.326 e. The van der Waals surface area contributed by atoms with Gasteiger partial charge in [-0.1, -0.05) is 20.3 Å². The number of nitrogens with zero attached hydrogens (tertiary/aromatic N) is 1. The highest BCUT2D eigenvalue weighted by atomic mass is 16.4. The van der Waals surface area contributed by atoms with Gasteiger partial charge in [0.1, 0.15) is 6.04 Å². The Bertz CT molecular complexity index is 231. The zero-order valence-corrected chi connectivity index (χ0v) is 10.3. The molecule has 5 heteroatoms. The van der Waals surface area contributed by atoms with E-state index in [1.807, 2.05) is 20.8 Å². The molecule has 2 N–H and O–H groups in total. The highest BCUT2D eigenvalue weighted by molar-refractivity contribution is 5.82. The number of hydrogen-bond donors (Lipinski definition) is 2. The van der Waals surface area contributed by atoms with Gasteiger partial charge in [-0.3, -0.25) is 0 Å². The molecule has 94 valence electrons. The normalized spacial score (nSPS) is 11.9. The van der Waals surface area contributed by atoms with Crippen LogP contribution in [0.5, 0.6) is 0 Å². The molecular weight excluding hydrogens is 208 g/mol. The summed E-state index contributed by atoms with van der Waals surface area (Å²) in [5, 5.41) is 11.4. The Morgan fingerprint density at radius 3 is 2.25 bits per heavy atom. The molecular formula is C11H22N2O3. The first kappa shape index (κ1) is 14.7. The maximum absolute atomic E-state index is 11.7. The first-order valence-electron chi connectivity index (χ1n) is 5.84. The van der Waals surface area contributed by atoms with Crippen LogP contribution < -0.4 is 5.32 Å². The quantitative estimate of drug-likeness (QED) is 0.699. The second-order valence-electron chi connectivity index (χ2n) is 3.71. The molecule has 0 radical (unpaired) electrons. The Morgan fingerprint density at radius 1 is 1.25 bits per heavy atom. The summed E-state index contributed by atoms with van der Waals surface area (Å²) in [4.78, 5) is 24.2. The first-order valence-corrected chi connectivity index (χ1v) is 5.84. The van der Waals surface area contributed by atoms with E-state index in [9.17, 15) is 9.59 Å². The summed E-state index contributed by atoms with van der Waals surface area (Å²) in [6, 6.07) is -1.06. The van der Waals surface area contributed by atoms with E-state index in [4.69, 9.17) is 5.11 Å². The van der Waals surface area contributed by atoms with Crippen LogP contribution in [-0.2, 0) is 4.79 Å². The number of carbonyl (C=O) groups excluding carboxylic acids is 1. The summed E-state index contributed by atoms with van der Waals surface area (Å²) in [7, 11) is 0. The average molecular weight is 230 g/mol. The number of amides is 2. The summed E-state index contributed by atoms with van der Waals surface area (Å²) in [5.41, 5.74) is 0. The molecule has 16 heavy (non-hydrogen) atoms. The standard InChI is InChI=1S/C11H22N2O3/c1-4-7-9(10(14)15)12-11(16)13(6-3)8-5-2/h9H,4-8H2,1-3H3,(H,12,16)(H,14,15)/t9-/m0/s1. The van der Waals surface area contributed by atoms with Crippen molar-refractivity contribution in [2.24, 2.45) is 0 Å². The monoisotopic (exact) mass is 230 g/mol. The minimum absolute atomic E-state index is 0.287. The van der Waals surface area contributed by atoms with Crippen molar-refractivity contribution in [2.75, 3.05) is 13.1 Å². The van der Waals surface area contributed by atoms with Crippen LogP contribution in [0.25, 0.3) is 0 Å². The molecule has 0 aliphatic heterocycles. The van der Waals surface area contributed by atoms with Crippen molar-refractivity contribution >= 4 is 12.0 Å². The van der Waals surface area contributed by atoms with Gasteiger partial charge < -0.3 is 15.3 Å². The predicted molar refractivity (Wildman–Crippen MR) is 62.4 cm³/mol. The fourth-order valence-corrected chi connectivity index (χ4v) is 1.46. The van der Waals surface area contributed by atoms with Crippen LogP contribution in [0.3, 0.4) is 0 Å². The number of carbonyl (C=O) groups is 2. The topological polar surface area (TPSA) is 69.6 Å². The number of hydrogen-bond acceptors (Lipinski definition) is 2. The molecule has 5 nitrogen and oxygen atoms in total. The van der Waals surface area contributed by atoms with Crippen molar-refractivity contribution in [1.29, 1.82) is 0 Å². The number of urea groups is 1. The molecule has 0 aliphatic carbocycles. The van der Waals surface area contributed by atoms with Gasteiger partial charge in [-0.15, -0.1) is 0 Å². The van der Waals surface area contributed by atoms with E-state index < -0.39 is 12.0 Å². The highest BCUT2D eigenvalue weighted by Crippen LogP contribution is 1.99. The van der Waals surface area contributed by atoms with Gasteiger partial charge in [-0.05, 0) is 19.8 Å². The molecule has 0 aromatic rings. The lowest BCUT2D eigenvalue weighted by Crippen LogP contribution is -2.48. The van der Waals surface area contributed by atoms with Crippen LogP contribution in [-0.4, -0.2) is 41.1 Å². The Hall–Kier alpha value is -1.26. The third kappa shape index (κ3) is 5.00. The molecule has 0 heterocycles. The molecule has 0 rings (SSSR count). The van der Waals surface area contributed by atoms with E-state index in [1.54, 1.807) is 4.90 Å². The molecule has 0 unspecified atom stereocenters. The van der Waals surface area contributed by atoms with Crippen LogP contribution in [0.4, 0.5) is 4.79 Å². The summed E-state index contributed by atoms with van der Waals surface area (Å²) in [5.74, 6) is -0.970. The largest absolute Gasteiger partial charge is 0.480 e. The van der Waals surface area contributed by atoms with E-state index in [2.05, 4.69) is 5.32 Å². The summed E-state index contributed by atoms with van der Waals surface area (Å²) in [6.07, 6.45) is 2.06. The smallest absolute Gasteiger partial charge is 0.326 e. The van der Waals surface area contributed by atoms with E-state index in [0.717, 1.165) is 12.8 Å². The fraction of sp³-hybridized carbons (Fsp3) is 0.818. The number of nitrogens with one attached hydrogen (secondary N) is 1. The highest BCUT2D eigenvalue weighted by Gasteiger charge is 2.21. The average Bonchev–Trinajstić information content (AvgIpc) is 2.24. The number of carboxylic acids is 1. The second-order valence-corrected chi connectivity index (χ2v) is 3.71. The zero-order chi connectivity index (χ0) is 12.6. The molecule has 0 saturated carbocycles. The minimum atomic E-state index is -0.970. The van der Waals surface area contributed by atoms with Crippen LogP contribution >= 0.6 is 0 Å². The molecule has 0 spiro atoms. The van der Waals surface area contributed by atoms with Crippen LogP contribution in [0.2, 0.25) is 0 Å². The fourth-order valence-electron chi connectivity index (χ4n) is 1.46. The summed E-state index contributed by atoms with van der Waals surface area (Å²) >= 11 is 0. The Morgan fingerprint density at radius 2 is 1.88 bits per heavy atom. The van der Waals surface area contributed by atoms with Crippen molar-refractivity contribution in [3.63, 3.8) is 0 Å². The summed E-state index contributed by atoms with van der Waals surface area (Å²) in [6.45, 7) is 7.01. The molecule has 2 amide bonds. The molecule has 0 saturated heterocycles. The molecule has 0 aliphatic rings. The van der Waals surface area contributed by atoms with Crippen LogP contribution in [0.1, 0.15) is 40.0 Å². The van der Waals surface area contributed by atoms with E-state index >= 15 is 0 Å². The van der Waals surface area contributed by atoms with Gasteiger partial charge in [0.05, 0.1) is 0 Å². The van der Waals surface area contributed by atoms with Gasteiger partial charge in [-0.2, -0.15) is 0 Å². The van der Waals surface area contributed by atoms with E-state index in [1.165, 1.54) is 0 Å². The first-order chi connectivity index (χ1) is 7.56. The van der Waals surface area contributed by atoms with E-state index in [0.29, 0.717) is 19.5 Å². The molecule has 0 bridgehead atoms. The predicted octanol–water partition coefficient (Wildman–Crippen LogP) is 1.68. The lowest BCUT2D eigenvalue weighted by molar-refractivity contribution is -0.139. The second kappa shape index (κ2) is 7.96. The van der Waals surface area contributed by atoms with Gasteiger partial charge in [0.15, 0.2) is 0 Å². The lowest BCUT2D eigenvalue weighted by Gasteiger charge is -2.23. The molecule has 1 atom stereocenters. The van der Waals surface area contributed by atoms with Crippen LogP contribution in [0.15, 0.2) is 0 Å². The van der Waals surface area contributed by atoms with Crippen molar-refractivity contribution in [1.82, 2.24) is 10.2 Å². The maximum atomic E-state index is 11.7. The van der Waals surface area contributed by atoms with Gasteiger partial charge in [0, 0.05) is 13.1 Å². The Kier molecular flexibility index (Phi) is 7.33. The van der Waals surface area contributed by atoms with Gasteiger partial charge in [0.2, 0.25) is 0 Å². The minimum Gasteiger partial charge on any atom is -0.480 e. The van der Waals surface area contributed by atoms with Crippen molar-refractivity contribution in [2.45, 2.75) is 46.1 Å². The SMILES string of the molecule is CCC[C@H](NC(=O)N(CC)CCC)C(=O)O. The number of carboxylic acid groups (broad SMARTS) is 1. The third-order valence-electron chi connectivity index (χ3n) is 2.34. The lowest BCUT2D eigenvalue weighted by atomic mass is 10.2. The van der Waals surface area contributed by atoms with Gasteiger partial charge in [-0.25, -0.2) is 9.59 Å². The molecule has 0 fully saturated rings. The molecule has 0 aromatic carbocycles.